The molecule has 0 aromatic rings. The van der Waals surface area contributed by atoms with Gasteiger partial charge in [0.1, 0.15) is 0 Å². The molecule has 0 spiro atoms. The van der Waals surface area contributed by atoms with E-state index in [0.29, 0.717) is 0 Å². The van der Waals surface area contributed by atoms with Gasteiger partial charge < -0.3 is 20.6 Å². The largest absolute Gasteiger partial charge is 0.480 e. The van der Waals surface area contributed by atoms with E-state index >= 15 is 0 Å². The minimum absolute atomic E-state index is 0.00209. The molecule has 1 rings (SSSR count). The van der Waals surface area contributed by atoms with Crippen LogP contribution in [-0.4, -0.2) is 40.8 Å². The van der Waals surface area contributed by atoms with Gasteiger partial charge in [-0.05, 0) is 20.3 Å². The first kappa shape index (κ1) is 14.8. The summed E-state index contributed by atoms with van der Waals surface area (Å²) in [5.41, 5.74) is -0.202. The van der Waals surface area contributed by atoms with Gasteiger partial charge in [0, 0.05) is 30.9 Å². The number of nitrogens with zero attached hydrogens (tertiary/aromatic N) is 1. The van der Waals surface area contributed by atoms with Crippen LogP contribution in [0.1, 0.15) is 40.0 Å². The van der Waals surface area contributed by atoms with E-state index in [0.717, 1.165) is 13.0 Å². The summed E-state index contributed by atoms with van der Waals surface area (Å²) in [6, 6.07) is 0. The van der Waals surface area contributed by atoms with Crippen molar-refractivity contribution in [2.75, 3.05) is 13.1 Å². The molecule has 104 valence electrons. The molecule has 0 radical (unpaired) electrons. The summed E-state index contributed by atoms with van der Waals surface area (Å²) in [7, 11) is 0. The molecule has 0 aromatic carbocycles. The lowest BCUT2D eigenvalue weighted by molar-refractivity contribution is -0.136. The van der Waals surface area contributed by atoms with Crippen molar-refractivity contribution < 1.29 is 9.90 Å². The zero-order valence-electron chi connectivity index (χ0n) is 11.6. The maximum atomic E-state index is 10.6. The molecule has 0 saturated heterocycles. The van der Waals surface area contributed by atoms with Crippen LogP contribution in [0.2, 0.25) is 0 Å². The molecule has 1 aliphatic rings. The molecule has 0 bridgehead atoms. The predicted octanol–water partition coefficient (Wildman–Crippen LogP) is 1.33. The first-order valence-electron chi connectivity index (χ1n) is 6.60. The van der Waals surface area contributed by atoms with Gasteiger partial charge in [0.15, 0.2) is 0 Å². The Bertz CT molecular complexity index is 303. The second kappa shape index (κ2) is 6.64. The van der Waals surface area contributed by atoms with Crippen molar-refractivity contribution in [3.63, 3.8) is 0 Å². The summed E-state index contributed by atoms with van der Waals surface area (Å²) in [4.78, 5) is 12.9. The van der Waals surface area contributed by atoms with Crippen LogP contribution < -0.4 is 10.6 Å². The van der Waals surface area contributed by atoms with Crippen molar-refractivity contribution in [2.24, 2.45) is 0 Å². The molecule has 0 aromatic heterocycles. The lowest BCUT2D eigenvalue weighted by atomic mass is 9.98. The highest BCUT2D eigenvalue weighted by atomic mass is 16.4. The van der Waals surface area contributed by atoms with Gasteiger partial charge in [-0.1, -0.05) is 13.3 Å². The molecule has 0 aliphatic carbocycles. The first-order chi connectivity index (χ1) is 8.44. The summed E-state index contributed by atoms with van der Waals surface area (Å²) in [6.45, 7) is 7.30. The Morgan fingerprint density at radius 3 is 2.89 bits per heavy atom. The molecule has 0 saturated carbocycles. The number of hydrogen-bond acceptors (Lipinski definition) is 4. The molecule has 1 aliphatic heterocycles. The van der Waals surface area contributed by atoms with Gasteiger partial charge in [-0.15, -0.1) is 0 Å². The van der Waals surface area contributed by atoms with Crippen LogP contribution in [0.5, 0.6) is 0 Å². The molecule has 0 fully saturated rings. The number of hydrogen-bond donors (Lipinski definition) is 3. The molecule has 5 nitrogen and oxygen atoms in total. The van der Waals surface area contributed by atoms with E-state index in [1.807, 2.05) is 20.0 Å². The smallest absolute Gasteiger partial charge is 0.317 e. The molecule has 1 heterocycles. The van der Waals surface area contributed by atoms with Crippen molar-refractivity contribution in [1.29, 1.82) is 0 Å². The third-order valence-electron chi connectivity index (χ3n) is 3.15. The zero-order chi connectivity index (χ0) is 13.6. The van der Waals surface area contributed by atoms with Crippen molar-refractivity contribution in [2.45, 2.75) is 51.7 Å². The van der Waals surface area contributed by atoms with E-state index < -0.39 is 5.97 Å². The fraction of sp³-hybridized carbons (Fsp3) is 0.769. The van der Waals surface area contributed by atoms with Gasteiger partial charge in [-0.25, -0.2) is 0 Å². The molecule has 0 amide bonds. The third-order valence-corrected chi connectivity index (χ3v) is 3.15. The van der Waals surface area contributed by atoms with E-state index in [4.69, 9.17) is 5.11 Å². The Hall–Kier alpha value is -1.23. The lowest BCUT2D eigenvalue weighted by Crippen LogP contribution is -2.49. The van der Waals surface area contributed by atoms with Crippen LogP contribution >= 0.6 is 0 Å². The summed E-state index contributed by atoms with van der Waals surface area (Å²) in [6.07, 6.45) is 7.51. The third kappa shape index (κ3) is 4.96. The second-order valence-electron chi connectivity index (χ2n) is 5.42. The van der Waals surface area contributed by atoms with Crippen LogP contribution in [0, 0.1) is 0 Å². The Morgan fingerprint density at radius 2 is 2.28 bits per heavy atom. The summed E-state index contributed by atoms with van der Waals surface area (Å²) in [5, 5.41) is 15.1. The van der Waals surface area contributed by atoms with Crippen molar-refractivity contribution in [1.82, 2.24) is 15.5 Å². The molecule has 5 heteroatoms. The number of aliphatic carboxylic acids is 1. The predicted molar refractivity (Wildman–Crippen MR) is 72.0 cm³/mol. The quantitative estimate of drug-likeness (QED) is 0.611. The minimum Gasteiger partial charge on any atom is -0.480 e. The molecule has 1 unspecified atom stereocenters. The number of carboxylic acids is 1. The van der Waals surface area contributed by atoms with Gasteiger partial charge in [-0.3, -0.25) is 4.79 Å². The topological polar surface area (TPSA) is 64.6 Å². The Labute approximate surface area is 109 Å². The molecule has 18 heavy (non-hydrogen) atoms. The van der Waals surface area contributed by atoms with E-state index in [9.17, 15) is 4.79 Å². The monoisotopic (exact) mass is 255 g/mol. The number of unbranched alkanes of at least 4 members (excludes halogenated alkanes) is 1. The molecule has 1 atom stereocenters. The van der Waals surface area contributed by atoms with Gasteiger partial charge in [0.2, 0.25) is 0 Å². The van der Waals surface area contributed by atoms with Crippen LogP contribution in [0.15, 0.2) is 12.4 Å². The Balaban J connectivity index is 2.42. The molecule has 3 N–H and O–H groups in total. The summed E-state index contributed by atoms with van der Waals surface area (Å²) < 4.78 is 0. The maximum Gasteiger partial charge on any atom is 0.317 e. The van der Waals surface area contributed by atoms with Gasteiger partial charge in [-0.2, -0.15) is 0 Å². The number of rotatable bonds is 8. The Morgan fingerprint density at radius 1 is 1.56 bits per heavy atom. The van der Waals surface area contributed by atoms with Gasteiger partial charge in [0.05, 0.1) is 12.7 Å². The fourth-order valence-corrected chi connectivity index (χ4v) is 2.07. The fourth-order valence-electron chi connectivity index (χ4n) is 2.07. The molecular formula is C13H25N3O2. The van der Waals surface area contributed by atoms with Crippen molar-refractivity contribution in [3.8, 4) is 0 Å². The highest BCUT2D eigenvalue weighted by Crippen LogP contribution is 2.18. The van der Waals surface area contributed by atoms with Crippen LogP contribution in [0.3, 0.4) is 0 Å². The average molecular weight is 255 g/mol. The normalized spacial score (nSPS) is 19.1. The van der Waals surface area contributed by atoms with Crippen LogP contribution in [-0.2, 0) is 4.79 Å². The second-order valence-corrected chi connectivity index (χ2v) is 5.42. The average Bonchev–Trinajstić information content (AvgIpc) is 2.70. The van der Waals surface area contributed by atoms with E-state index in [1.165, 1.54) is 12.8 Å². The maximum absolute atomic E-state index is 10.6. The Kier molecular flexibility index (Phi) is 5.47. The van der Waals surface area contributed by atoms with E-state index in [2.05, 4.69) is 28.7 Å². The van der Waals surface area contributed by atoms with Crippen LogP contribution in [0.4, 0.5) is 0 Å². The number of carbonyl (C=O) groups is 1. The minimum atomic E-state index is -0.816. The highest BCUT2D eigenvalue weighted by molar-refractivity contribution is 5.69. The first-order valence-corrected chi connectivity index (χ1v) is 6.60. The number of nitrogens with one attached hydrogen (secondary N) is 2. The SMILES string of the molecule is CCCCN1C=CNC1CC(C)(C)NCC(=O)O. The van der Waals surface area contributed by atoms with E-state index in [1.54, 1.807) is 0 Å². The van der Waals surface area contributed by atoms with Crippen molar-refractivity contribution in [3.05, 3.63) is 12.4 Å². The highest BCUT2D eigenvalue weighted by Gasteiger charge is 2.27. The van der Waals surface area contributed by atoms with Crippen molar-refractivity contribution >= 4 is 5.97 Å². The van der Waals surface area contributed by atoms with E-state index in [-0.39, 0.29) is 18.2 Å². The molecular weight excluding hydrogens is 230 g/mol. The van der Waals surface area contributed by atoms with Gasteiger partial charge in [0.25, 0.3) is 0 Å². The van der Waals surface area contributed by atoms with Crippen LogP contribution in [0.25, 0.3) is 0 Å². The summed E-state index contributed by atoms with van der Waals surface area (Å²) in [5.74, 6) is -0.816. The summed E-state index contributed by atoms with van der Waals surface area (Å²) >= 11 is 0. The number of carboxylic acid groups (broad SMARTS) is 1. The standard InChI is InChI=1S/C13H25N3O2/c1-4-5-7-16-8-6-14-11(16)9-13(2,3)15-10-12(17)18/h6,8,11,14-15H,4-5,7,9-10H2,1-3H3,(H,17,18). The van der Waals surface area contributed by atoms with Gasteiger partial charge >= 0.3 is 5.97 Å². The zero-order valence-corrected chi connectivity index (χ0v) is 11.6. The lowest BCUT2D eigenvalue weighted by Gasteiger charge is -2.34.